The third-order valence-electron chi connectivity index (χ3n) is 12.9. The highest BCUT2D eigenvalue weighted by Gasteiger charge is 2.19. The molecule has 0 amide bonds. The van der Waals surface area contributed by atoms with E-state index >= 15 is 0 Å². The van der Waals surface area contributed by atoms with Gasteiger partial charge in [-0.15, -0.1) is 0 Å². The minimum absolute atomic E-state index is 0.987. The van der Waals surface area contributed by atoms with Gasteiger partial charge in [-0.3, -0.25) is 4.40 Å². The van der Waals surface area contributed by atoms with Gasteiger partial charge in [0.15, 0.2) is 0 Å². The van der Waals surface area contributed by atoms with E-state index in [1.807, 2.05) is 0 Å². The standard InChI is InChI=1S/C59H36N2/c1-3-13-41-33-43(27-23-37(41)11-1)39-21-25-40(26-22-39)57-48-16-5-6-17-49(48)58(46-28-24-38-12-2-4-14-42(38)34-46)53-36-45(29-31-50(53)57)44-30-32-51-52(35-44)47-15-7-9-19-55(47)61-56-20-10-8-18-54(56)60-59(51)61/h1-36H. The van der Waals surface area contributed by atoms with Crippen LogP contribution in [-0.2, 0) is 0 Å². The molecule has 2 heteroatoms. The van der Waals surface area contributed by atoms with Gasteiger partial charge in [-0.05, 0) is 142 Å². The van der Waals surface area contributed by atoms with E-state index in [0.717, 1.165) is 27.6 Å². The predicted octanol–water partition coefficient (Wildman–Crippen LogP) is 16.1. The number of nitrogens with zero attached hydrogens (tertiary/aromatic N) is 2. The van der Waals surface area contributed by atoms with Crippen molar-refractivity contribution in [2.75, 3.05) is 0 Å². The Kier molecular flexibility index (Phi) is 7.34. The Labute approximate surface area is 352 Å². The monoisotopic (exact) mass is 772 g/mol. The molecule has 0 N–H and O–H groups in total. The Hall–Kier alpha value is -8.07. The first-order valence-corrected chi connectivity index (χ1v) is 21.0. The SMILES string of the molecule is c1ccc2cc(-c3ccc(-c4c5ccccc5c(-c5ccc6ccccc6c5)c5cc(-c6ccc7c(c6)c6ccccc6n6c8ccccc8nc76)ccc45)cc3)ccc2c1. The second-order valence-corrected chi connectivity index (χ2v) is 16.3. The number of aromatic nitrogens is 2. The summed E-state index contributed by atoms with van der Waals surface area (Å²) in [7, 11) is 0. The lowest BCUT2D eigenvalue weighted by Gasteiger charge is -2.19. The van der Waals surface area contributed by atoms with E-state index in [2.05, 4.69) is 223 Å². The summed E-state index contributed by atoms with van der Waals surface area (Å²) in [6.45, 7) is 0. The number of para-hydroxylation sites is 3. The van der Waals surface area contributed by atoms with Crippen molar-refractivity contribution in [3.8, 4) is 44.5 Å². The van der Waals surface area contributed by atoms with E-state index in [1.165, 1.54) is 98.4 Å². The molecule has 0 spiro atoms. The smallest absolute Gasteiger partial charge is 0.146 e. The highest BCUT2D eigenvalue weighted by atomic mass is 15.0. The van der Waals surface area contributed by atoms with Crippen molar-refractivity contribution in [2.24, 2.45) is 0 Å². The van der Waals surface area contributed by atoms with Crippen LogP contribution >= 0.6 is 0 Å². The largest absolute Gasteiger partial charge is 0.292 e. The summed E-state index contributed by atoms with van der Waals surface area (Å²) in [5.41, 5.74) is 14.0. The normalized spacial score (nSPS) is 11.9. The van der Waals surface area contributed by atoms with Gasteiger partial charge in [-0.2, -0.15) is 0 Å². The van der Waals surface area contributed by atoms with Crippen LogP contribution in [0.15, 0.2) is 218 Å². The van der Waals surface area contributed by atoms with Crippen LogP contribution in [0.4, 0.5) is 0 Å². The fourth-order valence-electron chi connectivity index (χ4n) is 10.0. The van der Waals surface area contributed by atoms with Crippen molar-refractivity contribution in [3.63, 3.8) is 0 Å². The van der Waals surface area contributed by atoms with Gasteiger partial charge < -0.3 is 0 Å². The quantitative estimate of drug-likeness (QED) is 0.129. The lowest BCUT2D eigenvalue weighted by Crippen LogP contribution is -1.93. The molecule has 2 nitrogen and oxygen atoms in total. The summed E-state index contributed by atoms with van der Waals surface area (Å²) >= 11 is 0. The molecule has 61 heavy (non-hydrogen) atoms. The molecule has 0 saturated carbocycles. The summed E-state index contributed by atoms with van der Waals surface area (Å²) in [6.07, 6.45) is 0. The molecule has 0 saturated heterocycles. The van der Waals surface area contributed by atoms with E-state index in [1.54, 1.807) is 0 Å². The number of imidazole rings is 1. The van der Waals surface area contributed by atoms with Gasteiger partial charge >= 0.3 is 0 Å². The third-order valence-corrected chi connectivity index (χ3v) is 12.9. The van der Waals surface area contributed by atoms with E-state index < -0.39 is 0 Å². The van der Waals surface area contributed by atoms with Gasteiger partial charge in [0.1, 0.15) is 5.65 Å². The molecule has 0 aliphatic carbocycles. The lowest BCUT2D eigenvalue weighted by atomic mass is 9.84. The number of rotatable bonds is 4. The molecular formula is C59H36N2. The average Bonchev–Trinajstić information content (AvgIpc) is 3.73. The molecule has 0 unspecified atom stereocenters. The Balaban J connectivity index is 1.05. The van der Waals surface area contributed by atoms with Crippen LogP contribution in [0.2, 0.25) is 0 Å². The molecule has 0 bridgehead atoms. The molecule has 0 aliphatic heterocycles. The van der Waals surface area contributed by atoms with Gasteiger partial charge in [-0.1, -0.05) is 170 Å². The first-order valence-electron chi connectivity index (χ1n) is 21.0. The zero-order valence-corrected chi connectivity index (χ0v) is 33.2. The number of pyridine rings is 1. The summed E-state index contributed by atoms with van der Waals surface area (Å²) < 4.78 is 2.32. The molecule has 2 aromatic heterocycles. The van der Waals surface area contributed by atoms with Crippen molar-refractivity contribution in [1.29, 1.82) is 0 Å². The Morgan fingerprint density at radius 1 is 0.262 bits per heavy atom. The Morgan fingerprint density at radius 2 is 0.721 bits per heavy atom. The van der Waals surface area contributed by atoms with E-state index in [4.69, 9.17) is 4.98 Å². The van der Waals surface area contributed by atoms with Crippen LogP contribution in [0.1, 0.15) is 0 Å². The summed E-state index contributed by atoms with van der Waals surface area (Å²) in [4.78, 5) is 5.17. The molecule has 2 heterocycles. The number of fused-ring (bicyclic) bond motifs is 12. The summed E-state index contributed by atoms with van der Waals surface area (Å²) in [5, 5.41) is 13.5. The molecule has 0 aliphatic rings. The molecule has 0 atom stereocenters. The molecule has 0 fully saturated rings. The zero-order chi connectivity index (χ0) is 40.0. The first kappa shape index (κ1) is 33.9. The van der Waals surface area contributed by atoms with Crippen molar-refractivity contribution in [3.05, 3.63) is 218 Å². The van der Waals surface area contributed by atoms with Crippen molar-refractivity contribution >= 4 is 81.4 Å². The zero-order valence-electron chi connectivity index (χ0n) is 33.2. The maximum Gasteiger partial charge on any atom is 0.146 e. The van der Waals surface area contributed by atoms with Crippen LogP contribution in [0.3, 0.4) is 0 Å². The molecule has 282 valence electrons. The minimum Gasteiger partial charge on any atom is -0.292 e. The number of hydrogen-bond acceptors (Lipinski definition) is 1. The number of hydrogen-bond donors (Lipinski definition) is 0. The van der Waals surface area contributed by atoms with Gasteiger partial charge in [-0.25, -0.2) is 4.98 Å². The summed E-state index contributed by atoms with van der Waals surface area (Å²) in [6, 6.07) is 80.3. The highest BCUT2D eigenvalue weighted by Crippen LogP contribution is 2.46. The van der Waals surface area contributed by atoms with E-state index in [-0.39, 0.29) is 0 Å². The second kappa shape index (κ2) is 13.2. The molecular weight excluding hydrogens is 737 g/mol. The lowest BCUT2D eigenvalue weighted by molar-refractivity contribution is 1.31. The van der Waals surface area contributed by atoms with Gasteiger partial charge in [0.2, 0.25) is 0 Å². The molecule has 11 aromatic carbocycles. The van der Waals surface area contributed by atoms with Crippen molar-refractivity contribution < 1.29 is 0 Å². The van der Waals surface area contributed by atoms with Crippen LogP contribution in [0.25, 0.3) is 126 Å². The first-order chi connectivity index (χ1) is 30.2. The van der Waals surface area contributed by atoms with Crippen LogP contribution in [0.5, 0.6) is 0 Å². The van der Waals surface area contributed by atoms with Crippen LogP contribution in [-0.4, -0.2) is 9.38 Å². The Bertz CT molecular complexity index is 3930. The fourth-order valence-corrected chi connectivity index (χ4v) is 10.0. The predicted molar refractivity (Wildman–Crippen MR) is 259 cm³/mol. The van der Waals surface area contributed by atoms with Gasteiger partial charge in [0.25, 0.3) is 0 Å². The molecule has 13 rings (SSSR count). The second-order valence-electron chi connectivity index (χ2n) is 16.3. The average molecular weight is 773 g/mol. The van der Waals surface area contributed by atoms with Gasteiger partial charge in [0.05, 0.1) is 16.6 Å². The molecule has 0 radical (unpaired) electrons. The molecule has 13 aromatic rings. The van der Waals surface area contributed by atoms with Crippen molar-refractivity contribution in [2.45, 2.75) is 0 Å². The van der Waals surface area contributed by atoms with Crippen molar-refractivity contribution in [1.82, 2.24) is 9.38 Å². The van der Waals surface area contributed by atoms with Crippen LogP contribution < -0.4 is 0 Å². The van der Waals surface area contributed by atoms with Gasteiger partial charge in [0, 0.05) is 10.8 Å². The topological polar surface area (TPSA) is 17.3 Å². The van der Waals surface area contributed by atoms with E-state index in [0.29, 0.717) is 0 Å². The van der Waals surface area contributed by atoms with E-state index in [9.17, 15) is 0 Å². The maximum absolute atomic E-state index is 5.17. The summed E-state index contributed by atoms with van der Waals surface area (Å²) in [5.74, 6) is 0. The fraction of sp³-hybridized carbons (Fsp3) is 0. The third kappa shape index (κ3) is 5.26. The maximum atomic E-state index is 5.17. The highest BCUT2D eigenvalue weighted by molar-refractivity contribution is 6.23. The Morgan fingerprint density at radius 3 is 1.44 bits per heavy atom. The van der Waals surface area contributed by atoms with Crippen LogP contribution in [0, 0.1) is 0 Å². The minimum atomic E-state index is 0.987. The number of benzene rings is 11.